The fourth-order valence-corrected chi connectivity index (χ4v) is 2.86. The summed E-state index contributed by atoms with van der Waals surface area (Å²) in [4.78, 5) is 24.4. The Kier molecular flexibility index (Phi) is 5.94. The van der Waals surface area contributed by atoms with E-state index in [2.05, 4.69) is 5.32 Å². The lowest BCUT2D eigenvalue weighted by molar-refractivity contribution is -0.384. The summed E-state index contributed by atoms with van der Waals surface area (Å²) in [5.74, 6) is -0.850. The van der Waals surface area contributed by atoms with Crippen LogP contribution in [0.5, 0.6) is 5.75 Å². The van der Waals surface area contributed by atoms with E-state index in [4.69, 9.17) is 4.74 Å². The first kappa shape index (κ1) is 18.0. The van der Waals surface area contributed by atoms with E-state index in [1.807, 2.05) is 11.8 Å². The van der Waals surface area contributed by atoms with Crippen molar-refractivity contribution in [1.29, 1.82) is 0 Å². The number of ether oxygens (including phenoxy) is 1. The number of carbonyl (C=O) groups excluding carboxylic acids is 1. The molecule has 1 aromatic carbocycles. The minimum Gasteiger partial charge on any atom is -0.494 e. The first-order chi connectivity index (χ1) is 11.5. The van der Waals surface area contributed by atoms with Crippen LogP contribution < -0.4 is 15.0 Å². The quantitative estimate of drug-likeness (QED) is 0.636. The summed E-state index contributed by atoms with van der Waals surface area (Å²) in [7, 11) is 1.32. The van der Waals surface area contributed by atoms with E-state index in [1.165, 1.54) is 13.2 Å². The molecule has 0 unspecified atom stereocenters. The second-order valence-corrected chi connectivity index (χ2v) is 5.78. The maximum atomic E-state index is 13.7. The topological polar surface area (TPSA) is 84.7 Å². The van der Waals surface area contributed by atoms with Crippen molar-refractivity contribution in [3.05, 3.63) is 28.1 Å². The number of nitrogens with one attached hydrogen (secondary N) is 1. The van der Waals surface area contributed by atoms with E-state index in [9.17, 15) is 19.3 Å². The normalized spacial score (nSPS) is 15.2. The Labute approximate surface area is 139 Å². The molecule has 0 aromatic heterocycles. The molecule has 0 saturated carbocycles. The number of rotatable bonds is 6. The van der Waals surface area contributed by atoms with Crippen LogP contribution in [-0.4, -0.2) is 37.6 Å². The van der Waals surface area contributed by atoms with Crippen molar-refractivity contribution < 1.29 is 18.8 Å². The average molecular weight is 339 g/mol. The Morgan fingerprint density at radius 2 is 2.12 bits per heavy atom. The van der Waals surface area contributed by atoms with Crippen LogP contribution in [0.4, 0.5) is 15.8 Å². The molecule has 1 heterocycles. The zero-order valence-corrected chi connectivity index (χ0v) is 13.9. The zero-order chi connectivity index (χ0) is 17.7. The van der Waals surface area contributed by atoms with Crippen LogP contribution in [0.25, 0.3) is 0 Å². The second-order valence-electron chi connectivity index (χ2n) is 5.78. The first-order valence-electron chi connectivity index (χ1n) is 8.02. The van der Waals surface area contributed by atoms with Crippen molar-refractivity contribution in [2.45, 2.75) is 26.2 Å². The Balaban J connectivity index is 2.13. The number of anilines is 1. The molecule has 0 bridgehead atoms. The van der Waals surface area contributed by atoms with Gasteiger partial charge in [0.15, 0.2) is 11.6 Å². The third-order valence-electron chi connectivity index (χ3n) is 4.20. The van der Waals surface area contributed by atoms with Gasteiger partial charge in [0.25, 0.3) is 5.69 Å². The number of piperidine rings is 1. The van der Waals surface area contributed by atoms with Gasteiger partial charge >= 0.3 is 0 Å². The zero-order valence-electron chi connectivity index (χ0n) is 13.9. The molecule has 132 valence electrons. The smallest absolute Gasteiger partial charge is 0.295 e. The first-order valence-corrected chi connectivity index (χ1v) is 8.02. The predicted molar refractivity (Wildman–Crippen MR) is 87.8 cm³/mol. The Bertz CT molecular complexity index is 616. The van der Waals surface area contributed by atoms with E-state index in [1.54, 1.807) is 0 Å². The SMILES string of the molecule is CCCNC(=O)C1CCN(c2cc(OC)c(F)cc2[N+](=O)[O-])CC1. The van der Waals surface area contributed by atoms with Crippen LogP contribution in [-0.2, 0) is 4.79 Å². The number of halogens is 1. The molecule has 1 N–H and O–H groups in total. The van der Waals surface area contributed by atoms with E-state index in [0.717, 1.165) is 12.5 Å². The predicted octanol–water partition coefficient (Wildman–Crippen LogP) is 2.49. The maximum absolute atomic E-state index is 13.7. The van der Waals surface area contributed by atoms with E-state index in [0.29, 0.717) is 38.2 Å². The van der Waals surface area contributed by atoms with Gasteiger partial charge in [-0.3, -0.25) is 14.9 Å². The van der Waals surface area contributed by atoms with Crippen LogP contribution >= 0.6 is 0 Å². The number of hydrogen-bond acceptors (Lipinski definition) is 5. The standard InChI is InChI=1S/C16H22FN3O4/c1-3-6-18-16(21)11-4-7-19(8-5-11)13-10-15(24-2)12(17)9-14(13)20(22)23/h9-11H,3-8H2,1-2H3,(H,18,21). The van der Waals surface area contributed by atoms with Gasteiger partial charge in [0.1, 0.15) is 5.69 Å². The van der Waals surface area contributed by atoms with Gasteiger partial charge in [0.05, 0.1) is 18.1 Å². The molecule has 0 radical (unpaired) electrons. The highest BCUT2D eigenvalue weighted by Crippen LogP contribution is 2.36. The number of hydrogen-bond donors (Lipinski definition) is 1. The number of carbonyl (C=O) groups is 1. The summed E-state index contributed by atoms with van der Waals surface area (Å²) in [5.41, 5.74) is 0.0350. The summed E-state index contributed by atoms with van der Waals surface area (Å²) in [6, 6.07) is 2.24. The minimum atomic E-state index is -0.762. The van der Waals surface area contributed by atoms with Gasteiger partial charge in [-0.2, -0.15) is 0 Å². The highest BCUT2D eigenvalue weighted by Gasteiger charge is 2.29. The number of amides is 1. The molecule has 1 aliphatic rings. The van der Waals surface area contributed by atoms with Crippen molar-refractivity contribution in [3.8, 4) is 5.75 Å². The highest BCUT2D eigenvalue weighted by molar-refractivity contribution is 5.79. The lowest BCUT2D eigenvalue weighted by atomic mass is 9.95. The Hall–Kier alpha value is -2.38. The molecule has 1 amide bonds. The molecule has 24 heavy (non-hydrogen) atoms. The van der Waals surface area contributed by atoms with Crippen LogP contribution in [0.2, 0.25) is 0 Å². The van der Waals surface area contributed by atoms with Crippen LogP contribution in [0.15, 0.2) is 12.1 Å². The van der Waals surface area contributed by atoms with Gasteiger partial charge in [-0.1, -0.05) is 6.92 Å². The highest BCUT2D eigenvalue weighted by atomic mass is 19.1. The van der Waals surface area contributed by atoms with Crippen LogP contribution in [0, 0.1) is 21.8 Å². The molecule has 0 aliphatic carbocycles. The molecule has 1 aromatic rings. The molecule has 7 nitrogen and oxygen atoms in total. The summed E-state index contributed by atoms with van der Waals surface area (Å²) < 4.78 is 18.7. The number of nitro benzene ring substituents is 1. The number of nitro groups is 1. The molecule has 1 aliphatic heterocycles. The van der Waals surface area contributed by atoms with Gasteiger partial charge in [-0.05, 0) is 19.3 Å². The van der Waals surface area contributed by atoms with Crippen molar-refractivity contribution in [3.63, 3.8) is 0 Å². The molecule has 8 heteroatoms. The molecule has 2 rings (SSSR count). The molecule has 1 saturated heterocycles. The van der Waals surface area contributed by atoms with E-state index < -0.39 is 10.7 Å². The van der Waals surface area contributed by atoms with Crippen LogP contribution in [0.1, 0.15) is 26.2 Å². The number of nitrogens with zero attached hydrogens (tertiary/aromatic N) is 2. The van der Waals surface area contributed by atoms with Gasteiger partial charge < -0.3 is 15.0 Å². The Morgan fingerprint density at radius 1 is 1.46 bits per heavy atom. The third-order valence-corrected chi connectivity index (χ3v) is 4.20. The molecule has 1 fully saturated rings. The van der Waals surface area contributed by atoms with Crippen molar-refractivity contribution >= 4 is 17.3 Å². The lowest BCUT2D eigenvalue weighted by Gasteiger charge is -2.32. The second kappa shape index (κ2) is 7.94. The van der Waals surface area contributed by atoms with Gasteiger partial charge in [0, 0.05) is 31.6 Å². The maximum Gasteiger partial charge on any atom is 0.295 e. The minimum absolute atomic E-state index is 0.0292. The largest absolute Gasteiger partial charge is 0.494 e. The lowest BCUT2D eigenvalue weighted by Crippen LogP contribution is -2.41. The molecular weight excluding hydrogens is 317 g/mol. The summed E-state index contributed by atoms with van der Waals surface area (Å²) in [6.45, 7) is 3.64. The monoisotopic (exact) mass is 339 g/mol. The average Bonchev–Trinajstić information content (AvgIpc) is 2.59. The number of methoxy groups -OCH3 is 1. The summed E-state index contributed by atoms with van der Waals surface area (Å²) in [5, 5.41) is 14.1. The van der Waals surface area contributed by atoms with Crippen molar-refractivity contribution in [1.82, 2.24) is 5.32 Å². The fourth-order valence-electron chi connectivity index (χ4n) is 2.86. The van der Waals surface area contributed by atoms with E-state index >= 15 is 0 Å². The molecule has 0 atom stereocenters. The van der Waals surface area contributed by atoms with E-state index in [-0.39, 0.29) is 23.3 Å². The third kappa shape index (κ3) is 3.93. The Morgan fingerprint density at radius 3 is 2.67 bits per heavy atom. The van der Waals surface area contributed by atoms with Gasteiger partial charge in [-0.15, -0.1) is 0 Å². The number of benzene rings is 1. The summed E-state index contributed by atoms with van der Waals surface area (Å²) >= 11 is 0. The summed E-state index contributed by atoms with van der Waals surface area (Å²) in [6.07, 6.45) is 2.09. The van der Waals surface area contributed by atoms with Crippen molar-refractivity contribution in [2.75, 3.05) is 31.6 Å². The fraction of sp³-hybridized carbons (Fsp3) is 0.562. The van der Waals surface area contributed by atoms with Gasteiger partial charge in [-0.25, -0.2) is 4.39 Å². The van der Waals surface area contributed by atoms with Crippen LogP contribution in [0.3, 0.4) is 0 Å². The van der Waals surface area contributed by atoms with Crippen molar-refractivity contribution in [2.24, 2.45) is 5.92 Å². The van der Waals surface area contributed by atoms with Gasteiger partial charge in [0.2, 0.25) is 5.91 Å². The molecular formula is C16H22FN3O4. The molecule has 0 spiro atoms.